The van der Waals surface area contributed by atoms with Crippen molar-refractivity contribution < 1.29 is 9.15 Å². The third kappa shape index (κ3) is 4.33. The summed E-state index contributed by atoms with van der Waals surface area (Å²) in [5.74, 6) is 3.61. The van der Waals surface area contributed by atoms with Crippen LogP contribution in [0, 0.1) is 0 Å². The van der Waals surface area contributed by atoms with Crippen LogP contribution in [0.2, 0.25) is 0 Å². The van der Waals surface area contributed by atoms with E-state index < -0.39 is 0 Å². The molecule has 1 atom stereocenters. The van der Waals surface area contributed by atoms with Crippen molar-refractivity contribution in [1.82, 2.24) is 0 Å². The van der Waals surface area contributed by atoms with Gasteiger partial charge in [0.15, 0.2) is 0 Å². The molecule has 19 heavy (non-hydrogen) atoms. The fourth-order valence-electron chi connectivity index (χ4n) is 1.76. The minimum absolute atomic E-state index is 0.0376. The lowest BCUT2D eigenvalue weighted by atomic mass is 10.1. The van der Waals surface area contributed by atoms with Crippen LogP contribution in [0.1, 0.15) is 24.3 Å². The zero-order valence-corrected chi connectivity index (χ0v) is 11.9. The zero-order valence-electron chi connectivity index (χ0n) is 11.0. The van der Waals surface area contributed by atoms with E-state index in [1.54, 1.807) is 18.0 Å². The molecule has 0 aliphatic heterocycles. The fraction of sp³-hybridized carbons (Fsp3) is 0.333. The van der Waals surface area contributed by atoms with Gasteiger partial charge in [0.2, 0.25) is 0 Å². The van der Waals surface area contributed by atoms with Gasteiger partial charge < -0.3 is 14.9 Å². The molecule has 1 aromatic carbocycles. The first-order valence-electron chi connectivity index (χ1n) is 6.38. The summed E-state index contributed by atoms with van der Waals surface area (Å²) in [5.41, 5.74) is 7.30. The fourth-order valence-corrected chi connectivity index (χ4v) is 2.69. The van der Waals surface area contributed by atoms with Gasteiger partial charge in [0, 0.05) is 11.8 Å². The van der Waals surface area contributed by atoms with E-state index in [-0.39, 0.29) is 6.04 Å². The van der Waals surface area contributed by atoms with Gasteiger partial charge >= 0.3 is 0 Å². The summed E-state index contributed by atoms with van der Waals surface area (Å²) in [4.78, 5) is 0. The van der Waals surface area contributed by atoms with Crippen LogP contribution in [0.4, 0.5) is 0 Å². The van der Waals surface area contributed by atoms with Gasteiger partial charge in [0.05, 0.1) is 18.6 Å². The van der Waals surface area contributed by atoms with E-state index in [9.17, 15) is 0 Å². The van der Waals surface area contributed by atoms with E-state index in [4.69, 9.17) is 14.9 Å². The number of ether oxygens (including phenoxy) is 1. The summed E-state index contributed by atoms with van der Waals surface area (Å²) in [7, 11) is 0. The van der Waals surface area contributed by atoms with Gasteiger partial charge in [0.25, 0.3) is 0 Å². The lowest BCUT2D eigenvalue weighted by molar-refractivity contribution is 0.340. The molecule has 2 aromatic rings. The molecule has 1 unspecified atom stereocenters. The number of benzene rings is 1. The van der Waals surface area contributed by atoms with Gasteiger partial charge in [-0.1, -0.05) is 12.1 Å². The Hall–Kier alpha value is -1.39. The minimum atomic E-state index is 0.0376. The predicted molar refractivity (Wildman–Crippen MR) is 79.4 cm³/mol. The summed E-state index contributed by atoms with van der Waals surface area (Å²) < 4.78 is 10.7. The molecular weight excluding hydrogens is 258 g/mol. The Bertz CT molecular complexity index is 467. The predicted octanol–water partition coefficient (Wildman–Crippen LogP) is 3.61. The quantitative estimate of drug-likeness (QED) is 0.840. The van der Waals surface area contributed by atoms with Crippen molar-refractivity contribution in [1.29, 1.82) is 0 Å². The van der Waals surface area contributed by atoms with Crippen molar-refractivity contribution >= 4 is 11.8 Å². The van der Waals surface area contributed by atoms with E-state index in [1.807, 2.05) is 43.3 Å². The molecule has 0 radical (unpaired) electrons. The molecule has 0 saturated heterocycles. The highest BCUT2D eigenvalue weighted by molar-refractivity contribution is 7.98. The van der Waals surface area contributed by atoms with E-state index >= 15 is 0 Å². The number of furan rings is 1. The van der Waals surface area contributed by atoms with Gasteiger partial charge in [-0.3, -0.25) is 0 Å². The number of hydrogen-bond donors (Lipinski definition) is 1. The standard InChI is InChI=1S/C15H19NO2S/c1-2-17-13-7-5-12(6-8-13)15(16)11-19-10-14-4-3-9-18-14/h3-9,15H,2,10-11,16H2,1H3. The van der Waals surface area contributed by atoms with Gasteiger partial charge in [-0.2, -0.15) is 11.8 Å². The van der Waals surface area contributed by atoms with Crippen molar-refractivity contribution in [3.63, 3.8) is 0 Å². The lowest BCUT2D eigenvalue weighted by Gasteiger charge is -2.12. The number of hydrogen-bond acceptors (Lipinski definition) is 4. The molecule has 1 aromatic heterocycles. The van der Waals surface area contributed by atoms with Gasteiger partial charge in [0.1, 0.15) is 11.5 Å². The average molecular weight is 277 g/mol. The lowest BCUT2D eigenvalue weighted by Crippen LogP contribution is -2.13. The normalized spacial score (nSPS) is 12.3. The van der Waals surface area contributed by atoms with E-state index in [2.05, 4.69) is 0 Å². The largest absolute Gasteiger partial charge is 0.494 e. The molecule has 102 valence electrons. The van der Waals surface area contributed by atoms with Gasteiger partial charge in [-0.25, -0.2) is 0 Å². The molecule has 3 nitrogen and oxygen atoms in total. The van der Waals surface area contributed by atoms with Crippen molar-refractivity contribution in [3.05, 3.63) is 54.0 Å². The molecule has 2 N–H and O–H groups in total. The van der Waals surface area contributed by atoms with Crippen molar-refractivity contribution in [2.45, 2.75) is 18.7 Å². The van der Waals surface area contributed by atoms with Crippen LogP contribution in [0.3, 0.4) is 0 Å². The molecule has 0 bridgehead atoms. The molecule has 2 rings (SSSR count). The molecule has 0 saturated carbocycles. The summed E-state index contributed by atoms with van der Waals surface area (Å²) in [6.45, 7) is 2.66. The second kappa shape index (κ2) is 7.26. The van der Waals surface area contributed by atoms with Crippen LogP contribution in [0.5, 0.6) is 5.75 Å². The van der Waals surface area contributed by atoms with Crippen LogP contribution in [-0.4, -0.2) is 12.4 Å². The van der Waals surface area contributed by atoms with Crippen LogP contribution in [-0.2, 0) is 5.75 Å². The Morgan fingerprint density at radius 1 is 1.26 bits per heavy atom. The number of nitrogens with two attached hydrogens (primary N) is 1. The molecule has 0 amide bonds. The van der Waals surface area contributed by atoms with Crippen molar-refractivity contribution in [2.75, 3.05) is 12.4 Å². The maximum atomic E-state index is 6.17. The summed E-state index contributed by atoms with van der Waals surface area (Å²) >= 11 is 1.78. The maximum absolute atomic E-state index is 6.17. The zero-order chi connectivity index (χ0) is 13.5. The molecule has 1 heterocycles. The van der Waals surface area contributed by atoms with Crippen LogP contribution < -0.4 is 10.5 Å². The molecular formula is C15H19NO2S. The number of thioether (sulfide) groups is 1. The Balaban J connectivity index is 1.80. The monoisotopic (exact) mass is 277 g/mol. The van der Waals surface area contributed by atoms with E-state index in [0.29, 0.717) is 6.61 Å². The molecule has 4 heteroatoms. The Morgan fingerprint density at radius 3 is 2.68 bits per heavy atom. The van der Waals surface area contributed by atoms with Crippen LogP contribution in [0.15, 0.2) is 47.1 Å². The highest BCUT2D eigenvalue weighted by Gasteiger charge is 2.07. The molecule has 0 aliphatic carbocycles. The topological polar surface area (TPSA) is 48.4 Å². The third-order valence-corrected chi connectivity index (χ3v) is 3.82. The summed E-state index contributed by atoms with van der Waals surface area (Å²) in [6.07, 6.45) is 1.70. The van der Waals surface area contributed by atoms with E-state index in [0.717, 1.165) is 28.6 Å². The summed E-state index contributed by atoms with van der Waals surface area (Å²) in [6, 6.07) is 11.9. The van der Waals surface area contributed by atoms with Gasteiger partial charge in [-0.05, 0) is 36.8 Å². The van der Waals surface area contributed by atoms with Crippen molar-refractivity contribution in [2.24, 2.45) is 5.73 Å². The Morgan fingerprint density at radius 2 is 2.05 bits per heavy atom. The third-order valence-electron chi connectivity index (χ3n) is 2.74. The van der Waals surface area contributed by atoms with Crippen LogP contribution in [0.25, 0.3) is 0 Å². The number of rotatable bonds is 7. The highest BCUT2D eigenvalue weighted by Crippen LogP contribution is 2.21. The first kappa shape index (κ1) is 14.0. The second-order valence-corrected chi connectivity index (χ2v) is 5.23. The SMILES string of the molecule is CCOc1ccc(C(N)CSCc2ccco2)cc1. The van der Waals surface area contributed by atoms with Gasteiger partial charge in [-0.15, -0.1) is 0 Å². The second-order valence-electron chi connectivity index (χ2n) is 4.20. The van der Waals surface area contributed by atoms with Crippen molar-refractivity contribution in [3.8, 4) is 5.75 Å². The maximum Gasteiger partial charge on any atom is 0.119 e. The summed E-state index contributed by atoms with van der Waals surface area (Å²) in [5, 5.41) is 0. The first-order valence-corrected chi connectivity index (χ1v) is 7.53. The Labute approximate surface area is 118 Å². The first-order chi connectivity index (χ1) is 9.29. The molecule has 0 fully saturated rings. The smallest absolute Gasteiger partial charge is 0.119 e. The minimum Gasteiger partial charge on any atom is -0.494 e. The average Bonchev–Trinajstić information content (AvgIpc) is 2.93. The molecule has 0 aliphatic rings. The Kier molecular flexibility index (Phi) is 5.36. The van der Waals surface area contributed by atoms with E-state index in [1.165, 1.54) is 0 Å². The van der Waals surface area contributed by atoms with Crippen LogP contribution >= 0.6 is 11.8 Å². The highest BCUT2D eigenvalue weighted by atomic mass is 32.2. The molecule has 0 spiro atoms.